The van der Waals surface area contributed by atoms with E-state index in [0.717, 1.165) is 0 Å². The molecule has 1 aromatic rings. The van der Waals surface area contributed by atoms with Gasteiger partial charge in [0.15, 0.2) is 0 Å². The quantitative estimate of drug-likeness (QED) is 0.726. The van der Waals surface area contributed by atoms with Crippen molar-refractivity contribution in [1.29, 1.82) is 0 Å². The highest BCUT2D eigenvalue weighted by atomic mass is 79.9. The van der Waals surface area contributed by atoms with Crippen LogP contribution in [0.3, 0.4) is 0 Å². The highest BCUT2D eigenvalue weighted by Crippen LogP contribution is 2.36. The summed E-state index contributed by atoms with van der Waals surface area (Å²) in [6.07, 6.45) is 1.31. The molecule has 13 heavy (non-hydrogen) atoms. The Morgan fingerprint density at radius 2 is 1.85 bits per heavy atom. The van der Waals surface area contributed by atoms with Gasteiger partial charge in [0.25, 0.3) is 0 Å². The van der Waals surface area contributed by atoms with E-state index >= 15 is 0 Å². The summed E-state index contributed by atoms with van der Waals surface area (Å²) >= 11 is 3.58. The molecule has 1 nitrogen and oxygen atoms in total. The van der Waals surface area contributed by atoms with Gasteiger partial charge in [-0.25, -0.2) is 0 Å². The van der Waals surface area contributed by atoms with Crippen LogP contribution in [-0.2, 0) is 0 Å². The molecule has 0 bridgehead atoms. The summed E-state index contributed by atoms with van der Waals surface area (Å²) in [7, 11) is 0. The third-order valence-corrected chi connectivity index (χ3v) is 3.43. The standard InChI is InChI=1S/C11H14BrN/c1-8-7-9(2)13(8)11-6-4-3-5-10(11)12/h3-6,8-9H,7H2,1-2H3/t8-,9-/m1/s1. The minimum Gasteiger partial charge on any atom is -0.365 e. The first-order chi connectivity index (χ1) is 6.20. The summed E-state index contributed by atoms with van der Waals surface area (Å²) in [5.74, 6) is 0. The van der Waals surface area contributed by atoms with Gasteiger partial charge in [-0.05, 0) is 48.3 Å². The Hall–Kier alpha value is -0.500. The van der Waals surface area contributed by atoms with E-state index in [-0.39, 0.29) is 0 Å². The van der Waals surface area contributed by atoms with Crippen LogP contribution in [-0.4, -0.2) is 12.1 Å². The number of hydrogen-bond acceptors (Lipinski definition) is 1. The van der Waals surface area contributed by atoms with E-state index in [1.165, 1.54) is 16.6 Å². The molecule has 1 saturated heterocycles. The second-order valence-electron chi connectivity index (χ2n) is 3.79. The SMILES string of the molecule is C[C@@H]1C[C@@H](C)N1c1ccccc1Br. The first-order valence-corrected chi connectivity index (χ1v) is 5.52. The van der Waals surface area contributed by atoms with E-state index in [2.05, 4.69) is 58.9 Å². The topological polar surface area (TPSA) is 3.24 Å². The molecule has 0 amide bonds. The van der Waals surface area contributed by atoms with Crippen LogP contribution in [0.4, 0.5) is 5.69 Å². The van der Waals surface area contributed by atoms with Crippen molar-refractivity contribution in [3.8, 4) is 0 Å². The normalized spacial score (nSPS) is 27.2. The number of anilines is 1. The summed E-state index contributed by atoms with van der Waals surface area (Å²) in [5, 5.41) is 0. The second-order valence-corrected chi connectivity index (χ2v) is 4.65. The lowest BCUT2D eigenvalue weighted by atomic mass is 9.95. The molecule has 0 unspecified atom stereocenters. The summed E-state index contributed by atoms with van der Waals surface area (Å²) in [6, 6.07) is 9.81. The Morgan fingerprint density at radius 1 is 1.23 bits per heavy atom. The molecular formula is C11H14BrN. The number of halogens is 1. The fourth-order valence-corrected chi connectivity index (χ4v) is 2.64. The summed E-state index contributed by atoms with van der Waals surface area (Å²) in [4.78, 5) is 2.46. The van der Waals surface area contributed by atoms with Gasteiger partial charge in [-0.15, -0.1) is 0 Å². The lowest BCUT2D eigenvalue weighted by molar-refractivity contribution is 0.380. The van der Waals surface area contributed by atoms with E-state index in [4.69, 9.17) is 0 Å². The maximum absolute atomic E-state index is 3.58. The van der Waals surface area contributed by atoms with E-state index in [1.807, 2.05) is 0 Å². The van der Waals surface area contributed by atoms with E-state index in [0.29, 0.717) is 12.1 Å². The average molecular weight is 240 g/mol. The smallest absolute Gasteiger partial charge is 0.0515 e. The first kappa shape index (κ1) is 9.07. The Morgan fingerprint density at radius 3 is 2.38 bits per heavy atom. The van der Waals surface area contributed by atoms with E-state index in [1.54, 1.807) is 0 Å². The Bertz CT molecular complexity index is 303. The molecule has 1 aromatic carbocycles. The number of para-hydroxylation sites is 1. The Balaban J connectivity index is 2.30. The average Bonchev–Trinajstić information content (AvgIpc) is 2.09. The van der Waals surface area contributed by atoms with Crippen molar-refractivity contribution in [3.05, 3.63) is 28.7 Å². The van der Waals surface area contributed by atoms with Crippen LogP contribution in [0, 0.1) is 0 Å². The van der Waals surface area contributed by atoms with Crippen molar-refractivity contribution in [3.63, 3.8) is 0 Å². The molecule has 1 aliphatic heterocycles. The van der Waals surface area contributed by atoms with Crippen molar-refractivity contribution < 1.29 is 0 Å². The highest BCUT2D eigenvalue weighted by molar-refractivity contribution is 9.10. The first-order valence-electron chi connectivity index (χ1n) is 4.73. The van der Waals surface area contributed by atoms with E-state index < -0.39 is 0 Å². The molecule has 0 radical (unpaired) electrons. The molecule has 0 spiro atoms. The zero-order valence-corrected chi connectivity index (χ0v) is 9.58. The summed E-state index contributed by atoms with van der Waals surface area (Å²) in [5.41, 5.74) is 1.33. The molecule has 1 aliphatic rings. The van der Waals surface area contributed by atoms with Crippen LogP contribution in [0.25, 0.3) is 0 Å². The zero-order chi connectivity index (χ0) is 9.42. The van der Waals surface area contributed by atoms with Gasteiger partial charge in [0, 0.05) is 16.6 Å². The number of benzene rings is 1. The van der Waals surface area contributed by atoms with Gasteiger partial charge in [0.2, 0.25) is 0 Å². The van der Waals surface area contributed by atoms with Gasteiger partial charge in [0.1, 0.15) is 0 Å². The van der Waals surface area contributed by atoms with Crippen molar-refractivity contribution in [2.24, 2.45) is 0 Å². The third-order valence-electron chi connectivity index (χ3n) is 2.76. The van der Waals surface area contributed by atoms with Crippen LogP contribution in [0.2, 0.25) is 0 Å². The van der Waals surface area contributed by atoms with Crippen LogP contribution in [0.5, 0.6) is 0 Å². The fourth-order valence-electron chi connectivity index (χ4n) is 2.15. The Kier molecular flexibility index (Phi) is 2.33. The number of rotatable bonds is 1. The molecular weight excluding hydrogens is 226 g/mol. The van der Waals surface area contributed by atoms with E-state index in [9.17, 15) is 0 Å². The molecule has 0 N–H and O–H groups in total. The number of hydrogen-bond donors (Lipinski definition) is 0. The van der Waals surface area contributed by atoms with Gasteiger partial charge in [-0.3, -0.25) is 0 Å². The van der Waals surface area contributed by atoms with Crippen molar-refractivity contribution in [2.75, 3.05) is 4.90 Å². The van der Waals surface area contributed by atoms with Gasteiger partial charge in [-0.1, -0.05) is 12.1 Å². The van der Waals surface area contributed by atoms with Crippen molar-refractivity contribution in [2.45, 2.75) is 32.4 Å². The van der Waals surface area contributed by atoms with Crippen molar-refractivity contribution in [1.82, 2.24) is 0 Å². The molecule has 0 aliphatic carbocycles. The van der Waals surface area contributed by atoms with Crippen LogP contribution >= 0.6 is 15.9 Å². The highest BCUT2D eigenvalue weighted by Gasteiger charge is 2.32. The molecule has 0 saturated carbocycles. The summed E-state index contributed by atoms with van der Waals surface area (Å²) < 4.78 is 1.20. The lowest BCUT2D eigenvalue weighted by Crippen LogP contribution is -2.53. The van der Waals surface area contributed by atoms with Crippen LogP contribution < -0.4 is 4.90 Å². The summed E-state index contributed by atoms with van der Waals surface area (Å²) in [6.45, 7) is 4.55. The molecule has 0 aromatic heterocycles. The maximum atomic E-state index is 3.58. The Labute approximate surface area is 87.9 Å². The predicted molar refractivity (Wildman–Crippen MR) is 60.2 cm³/mol. The van der Waals surface area contributed by atoms with Crippen LogP contribution in [0.1, 0.15) is 20.3 Å². The minimum absolute atomic E-state index is 0.689. The minimum atomic E-state index is 0.689. The van der Waals surface area contributed by atoms with Gasteiger partial charge in [-0.2, -0.15) is 0 Å². The molecule has 1 fully saturated rings. The maximum Gasteiger partial charge on any atom is 0.0515 e. The van der Waals surface area contributed by atoms with Gasteiger partial charge < -0.3 is 4.90 Å². The fraction of sp³-hybridized carbons (Fsp3) is 0.455. The van der Waals surface area contributed by atoms with Crippen LogP contribution in [0.15, 0.2) is 28.7 Å². The largest absolute Gasteiger partial charge is 0.365 e. The lowest BCUT2D eigenvalue weighted by Gasteiger charge is -2.47. The molecule has 70 valence electrons. The number of nitrogens with zero attached hydrogens (tertiary/aromatic N) is 1. The van der Waals surface area contributed by atoms with Crippen molar-refractivity contribution >= 4 is 21.6 Å². The molecule has 2 atom stereocenters. The molecule has 2 rings (SSSR count). The third kappa shape index (κ3) is 1.48. The monoisotopic (exact) mass is 239 g/mol. The van der Waals surface area contributed by atoms with Gasteiger partial charge >= 0.3 is 0 Å². The molecule has 2 heteroatoms. The van der Waals surface area contributed by atoms with Gasteiger partial charge in [0.05, 0.1) is 5.69 Å². The second kappa shape index (κ2) is 3.33. The predicted octanol–water partition coefficient (Wildman–Crippen LogP) is 3.44. The molecule has 1 heterocycles. The zero-order valence-electron chi connectivity index (χ0n) is 8.00.